The van der Waals surface area contributed by atoms with E-state index in [2.05, 4.69) is 29.3 Å². The minimum Gasteiger partial charge on any atom is -0.304 e. The lowest BCUT2D eigenvalue weighted by atomic mass is 9.97. The van der Waals surface area contributed by atoms with Gasteiger partial charge >= 0.3 is 0 Å². The highest BCUT2D eigenvalue weighted by Gasteiger charge is 2.25. The zero-order valence-corrected chi connectivity index (χ0v) is 12.6. The fourth-order valence-corrected chi connectivity index (χ4v) is 2.85. The lowest BCUT2D eigenvalue weighted by molar-refractivity contribution is 0.101. The number of hydrogen-bond acceptors (Lipinski definition) is 4. The Hall–Kier alpha value is -1.08. The number of nitrogens with zero attached hydrogens (tertiary/aromatic N) is 2. The molecule has 2 atom stereocenters. The van der Waals surface area contributed by atoms with Crippen LogP contribution in [0, 0.1) is 11.6 Å². The standard InChI is InChI=1S/C15H24F2N4/c1-20-5-6-21(2)14(10-20)9-13(19-18)7-11-3-4-12(16)8-15(11)17/h3-4,8,13-14,19H,5-7,9-10,18H2,1-2H3. The fourth-order valence-electron chi connectivity index (χ4n) is 2.85. The summed E-state index contributed by atoms with van der Waals surface area (Å²) in [5, 5.41) is 0. The van der Waals surface area contributed by atoms with Gasteiger partial charge in [0.25, 0.3) is 0 Å². The van der Waals surface area contributed by atoms with Crippen molar-refractivity contribution in [2.45, 2.75) is 24.9 Å². The Kier molecular flexibility index (Phi) is 5.64. The van der Waals surface area contributed by atoms with E-state index < -0.39 is 11.6 Å². The predicted octanol–water partition coefficient (Wildman–Crippen LogP) is 0.975. The van der Waals surface area contributed by atoms with Crippen molar-refractivity contribution < 1.29 is 8.78 Å². The molecule has 118 valence electrons. The molecule has 1 aromatic carbocycles. The maximum Gasteiger partial charge on any atom is 0.129 e. The van der Waals surface area contributed by atoms with Crippen molar-refractivity contribution >= 4 is 0 Å². The number of likely N-dealkylation sites (N-methyl/N-ethyl adjacent to an activating group) is 2. The highest BCUT2D eigenvalue weighted by Crippen LogP contribution is 2.17. The first-order valence-electron chi connectivity index (χ1n) is 7.28. The molecule has 0 amide bonds. The molecule has 0 aromatic heterocycles. The molecule has 1 aromatic rings. The van der Waals surface area contributed by atoms with Crippen molar-refractivity contribution in [3.05, 3.63) is 35.4 Å². The lowest BCUT2D eigenvalue weighted by Crippen LogP contribution is -2.53. The smallest absolute Gasteiger partial charge is 0.129 e. The molecule has 1 aliphatic rings. The summed E-state index contributed by atoms with van der Waals surface area (Å²) in [5.41, 5.74) is 3.26. The van der Waals surface area contributed by atoms with Crippen LogP contribution in [-0.2, 0) is 6.42 Å². The minimum atomic E-state index is -0.554. The third kappa shape index (κ3) is 4.44. The molecule has 0 aliphatic carbocycles. The van der Waals surface area contributed by atoms with Gasteiger partial charge in [-0.25, -0.2) is 8.78 Å². The van der Waals surface area contributed by atoms with Gasteiger partial charge in [0.2, 0.25) is 0 Å². The number of halogens is 2. The zero-order chi connectivity index (χ0) is 15.4. The van der Waals surface area contributed by atoms with Gasteiger partial charge in [0.05, 0.1) is 0 Å². The van der Waals surface area contributed by atoms with Crippen LogP contribution in [0.2, 0.25) is 0 Å². The lowest BCUT2D eigenvalue weighted by Gasteiger charge is -2.39. The normalized spacial score (nSPS) is 22.4. The number of piperazine rings is 1. The van der Waals surface area contributed by atoms with Crippen LogP contribution in [0.5, 0.6) is 0 Å². The van der Waals surface area contributed by atoms with Crippen LogP contribution in [-0.4, -0.2) is 55.6 Å². The van der Waals surface area contributed by atoms with Gasteiger partial charge < -0.3 is 9.80 Å². The molecule has 4 nitrogen and oxygen atoms in total. The average Bonchev–Trinajstić information content (AvgIpc) is 2.44. The Labute approximate surface area is 124 Å². The van der Waals surface area contributed by atoms with E-state index in [0.717, 1.165) is 32.1 Å². The molecule has 0 bridgehead atoms. The molecule has 3 N–H and O–H groups in total. The van der Waals surface area contributed by atoms with Crippen LogP contribution in [0.4, 0.5) is 8.78 Å². The highest BCUT2D eigenvalue weighted by molar-refractivity contribution is 5.19. The van der Waals surface area contributed by atoms with Crippen molar-refractivity contribution in [2.24, 2.45) is 5.84 Å². The number of benzene rings is 1. The molecule has 0 radical (unpaired) electrons. The molecule has 1 fully saturated rings. The molecule has 2 unspecified atom stereocenters. The topological polar surface area (TPSA) is 44.5 Å². The highest BCUT2D eigenvalue weighted by atomic mass is 19.1. The molecule has 6 heteroatoms. The summed E-state index contributed by atoms with van der Waals surface area (Å²) in [6, 6.07) is 4.04. The van der Waals surface area contributed by atoms with E-state index in [1.54, 1.807) is 0 Å². The number of rotatable bonds is 5. The predicted molar refractivity (Wildman–Crippen MR) is 79.7 cm³/mol. The molecule has 2 rings (SSSR count). The van der Waals surface area contributed by atoms with Gasteiger partial charge in [-0.3, -0.25) is 11.3 Å². The Bertz CT molecular complexity index is 469. The molecular formula is C15H24F2N4. The average molecular weight is 298 g/mol. The van der Waals surface area contributed by atoms with Gasteiger partial charge in [-0.2, -0.15) is 0 Å². The second-order valence-corrected chi connectivity index (χ2v) is 5.94. The summed E-state index contributed by atoms with van der Waals surface area (Å²) >= 11 is 0. The number of nitrogens with one attached hydrogen (secondary N) is 1. The summed E-state index contributed by atoms with van der Waals surface area (Å²) in [6.45, 7) is 3.05. The van der Waals surface area contributed by atoms with Gasteiger partial charge in [-0.15, -0.1) is 0 Å². The molecule has 1 saturated heterocycles. The van der Waals surface area contributed by atoms with Crippen molar-refractivity contribution in [1.82, 2.24) is 15.2 Å². The van der Waals surface area contributed by atoms with Gasteiger partial charge in [-0.1, -0.05) is 6.07 Å². The summed E-state index contributed by atoms with van der Waals surface area (Å²) in [7, 11) is 4.20. The van der Waals surface area contributed by atoms with E-state index in [9.17, 15) is 8.78 Å². The van der Waals surface area contributed by atoms with Crippen LogP contribution >= 0.6 is 0 Å². The second-order valence-electron chi connectivity index (χ2n) is 5.94. The minimum absolute atomic E-state index is 0.0380. The third-order valence-electron chi connectivity index (χ3n) is 4.25. The molecular weight excluding hydrogens is 274 g/mol. The van der Waals surface area contributed by atoms with E-state index in [4.69, 9.17) is 5.84 Å². The van der Waals surface area contributed by atoms with Gasteiger partial charge in [-0.05, 0) is 38.6 Å². The van der Waals surface area contributed by atoms with Gasteiger partial charge in [0.15, 0.2) is 0 Å². The first-order valence-corrected chi connectivity index (χ1v) is 7.28. The van der Waals surface area contributed by atoms with Crippen LogP contribution in [0.15, 0.2) is 18.2 Å². The van der Waals surface area contributed by atoms with E-state index >= 15 is 0 Å². The van der Waals surface area contributed by atoms with E-state index in [0.29, 0.717) is 18.0 Å². The van der Waals surface area contributed by atoms with Crippen molar-refractivity contribution in [2.75, 3.05) is 33.7 Å². The number of hydrogen-bond donors (Lipinski definition) is 2. The molecule has 0 spiro atoms. The number of nitrogens with two attached hydrogens (primary N) is 1. The van der Waals surface area contributed by atoms with Gasteiger partial charge in [0, 0.05) is 37.8 Å². The largest absolute Gasteiger partial charge is 0.304 e. The van der Waals surface area contributed by atoms with Crippen molar-refractivity contribution in [3.8, 4) is 0 Å². The summed E-state index contributed by atoms with van der Waals surface area (Å²) in [6.07, 6.45) is 1.28. The zero-order valence-electron chi connectivity index (χ0n) is 12.6. The van der Waals surface area contributed by atoms with Crippen molar-refractivity contribution in [1.29, 1.82) is 0 Å². The van der Waals surface area contributed by atoms with Crippen LogP contribution in [0.3, 0.4) is 0 Å². The summed E-state index contributed by atoms with van der Waals surface area (Å²) in [5.74, 6) is 4.56. The van der Waals surface area contributed by atoms with Crippen LogP contribution in [0.1, 0.15) is 12.0 Å². The summed E-state index contributed by atoms with van der Waals surface area (Å²) < 4.78 is 26.7. The maximum atomic E-state index is 13.7. The Morgan fingerprint density at radius 3 is 2.76 bits per heavy atom. The third-order valence-corrected chi connectivity index (χ3v) is 4.25. The molecule has 1 aliphatic heterocycles. The fraction of sp³-hybridized carbons (Fsp3) is 0.600. The number of hydrazine groups is 1. The van der Waals surface area contributed by atoms with Crippen molar-refractivity contribution in [3.63, 3.8) is 0 Å². The second kappa shape index (κ2) is 7.26. The molecule has 21 heavy (non-hydrogen) atoms. The van der Waals surface area contributed by atoms with Gasteiger partial charge in [0.1, 0.15) is 11.6 Å². The summed E-state index contributed by atoms with van der Waals surface area (Å²) in [4.78, 5) is 4.60. The Morgan fingerprint density at radius 1 is 1.33 bits per heavy atom. The van der Waals surface area contributed by atoms with E-state index in [1.807, 2.05) is 0 Å². The monoisotopic (exact) mass is 298 g/mol. The Balaban J connectivity index is 1.99. The maximum absolute atomic E-state index is 13.7. The van der Waals surface area contributed by atoms with Crippen LogP contribution in [0.25, 0.3) is 0 Å². The SMILES string of the molecule is CN1CCN(C)C(CC(Cc2ccc(F)cc2F)NN)C1. The molecule has 0 saturated carbocycles. The quantitative estimate of drug-likeness (QED) is 0.628. The Morgan fingerprint density at radius 2 is 2.10 bits per heavy atom. The van der Waals surface area contributed by atoms with E-state index in [-0.39, 0.29) is 6.04 Å². The first-order chi connectivity index (χ1) is 9.99. The van der Waals surface area contributed by atoms with Crippen LogP contribution < -0.4 is 11.3 Å². The van der Waals surface area contributed by atoms with E-state index in [1.165, 1.54) is 12.1 Å². The first kappa shape index (κ1) is 16.3. The molecule has 1 heterocycles.